The molecule has 0 unspecified atom stereocenters. The Morgan fingerprint density at radius 2 is 1.93 bits per heavy atom. The normalized spacial score (nSPS) is 14.7. The van der Waals surface area contributed by atoms with Gasteiger partial charge in [0, 0.05) is 24.3 Å². The van der Waals surface area contributed by atoms with E-state index in [0.717, 1.165) is 12.8 Å². The van der Waals surface area contributed by atoms with Crippen LogP contribution in [0.2, 0.25) is 5.02 Å². The SMILES string of the molecule is O=C(Nc1cccc(-c2noc(=O)[nH]2)c1)c1cc(S(=O)(=O)N2CCCC2)ccc1Cl. The number of nitrogens with one attached hydrogen (secondary N) is 2. The van der Waals surface area contributed by atoms with Crippen molar-refractivity contribution in [3.8, 4) is 11.4 Å². The van der Waals surface area contributed by atoms with E-state index in [1.165, 1.54) is 22.5 Å². The summed E-state index contributed by atoms with van der Waals surface area (Å²) in [7, 11) is -3.68. The van der Waals surface area contributed by atoms with Gasteiger partial charge in [-0.05, 0) is 43.2 Å². The lowest BCUT2D eigenvalue weighted by Gasteiger charge is -2.16. The molecule has 1 aromatic heterocycles. The van der Waals surface area contributed by atoms with Crippen LogP contribution in [0, 0.1) is 0 Å². The number of hydrogen-bond acceptors (Lipinski definition) is 6. The van der Waals surface area contributed by atoms with Gasteiger partial charge in [-0.2, -0.15) is 4.31 Å². The topological polar surface area (TPSA) is 125 Å². The van der Waals surface area contributed by atoms with Crippen LogP contribution in [0.25, 0.3) is 11.4 Å². The van der Waals surface area contributed by atoms with Crippen LogP contribution < -0.4 is 11.1 Å². The molecule has 4 rings (SSSR count). The Morgan fingerprint density at radius 3 is 2.63 bits per heavy atom. The number of H-pyrrole nitrogens is 1. The van der Waals surface area contributed by atoms with Gasteiger partial charge >= 0.3 is 5.76 Å². The van der Waals surface area contributed by atoms with Crippen LogP contribution >= 0.6 is 11.6 Å². The zero-order chi connectivity index (χ0) is 21.3. The molecule has 2 heterocycles. The number of aromatic amines is 1. The number of sulfonamides is 1. The third-order valence-electron chi connectivity index (χ3n) is 4.72. The molecule has 0 bridgehead atoms. The van der Waals surface area contributed by atoms with Gasteiger partial charge in [0.25, 0.3) is 5.91 Å². The molecule has 0 aliphatic carbocycles. The Hall–Kier alpha value is -2.95. The third kappa shape index (κ3) is 4.02. The maximum atomic E-state index is 12.8. The highest BCUT2D eigenvalue weighted by atomic mass is 35.5. The van der Waals surface area contributed by atoms with Gasteiger partial charge in [0.1, 0.15) is 0 Å². The third-order valence-corrected chi connectivity index (χ3v) is 6.94. The van der Waals surface area contributed by atoms with Gasteiger partial charge in [-0.25, -0.2) is 13.2 Å². The zero-order valence-corrected chi connectivity index (χ0v) is 17.2. The van der Waals surface area contributed by atoms with Crippen molar-refractivity contribution in [1.29, 1.82) is 0 Å². The van der Waals surface area contributed by atoms with E-state index < -0.39 is 21.7 Å². The van der Waals surface area contributed by atoms with Crippen LogP contribution in [-0.2, 0) is 10.0 Å². The fraction of sp³-hybridized carbons (Fsp3) is 0.211. The smallest absolute Gasteiger partial charge is 0.322 e. The lowest BCUT2D eigenvalue weighted by Crippen LogP contribution is -2.28. The van der Waals surface area contributed by atoms with Crippen molar-refractivity contribution in [2.24, 2.45) is 0 Å². The summed E-state index contributed by atoms with van der Waals surface area (Å²) in [5.41, 5.74) is 0.970. The van der Waals surface area contributed by atoms with Gasteiger partial charge in [-0.1, -0.05) is 28.9 Å². The highest BCUT2D eigenvalue weighted by molar-refractivity contribution is 7.89. The maximum Gasteiger partial charge on any atom is 0.439 e. The minimum Gasteiger partial charge on any atom is -0.322 e. The molecule has 0 saturated carbocycles. The molecule has 1 aliphatic rings. The molecule has 2 N–H and O–H groups in total. The van der Waals surface area contributed by atoms with E-state index in [4.69, 9.17) is 11.6 Å². The predicted octanol–water partition coefficient (Wildman–Crippen LogP) is 2.72. The number of nitrogens with zero attached hydrogens (tertiary/aromatic N) is 2. The number of carbonyl (C=O) groups is 1. The standard InChI is InChI=1S/C19H17ClN4O5S/c20-16-7-6-14(30(27,28)24-8-1-2-9-24)11-15(16)18(25)21-13-5-3-4-12(10-13)17-22-19(26)29-23-17/h3-7,10-11H,1-2,8-9H2,(H,21,25)(H,22,23,26). The van der Waals surface area contributed by atoms with E-state index in [1.807, 2.05) is 0 Å². The predicted molar refractivity (Wildman–Crippen MR) is 110 cm³/mol. The first-order valence-corrected chi connectivity index (χ1v) is 10.9. The Morgan fingerprint density at radius 1 is 1.17 bits per heavy atom. The lowest BCUT2D eigenvalue weighted by molar-refractivity contribution is 0.102. The van der Waals surface area contributed by atoms with Gasteiger partial charge in [-0.15, -0.1) is 0 Å². The minimum absolute atomic E-state index is 0.0212. The number of amides is 1. The second-order valence-corrected chi connectivity index (χ2v) is 9.08. The average molecular weight is 449 g/mol. The number of rotatable bonds is 5. The highest BCUT2D eigenvalue weighted by Crippen LogP contribution is 2.26. The van der Waals surface area contributed by atoms with Crippen molar-refractivity contribution in [3.63, 3.8) is 0 Å². The molecule has 2 aromatic carbocycles. The fourth-order valence-corrected chi connectivity index (χ4v) is 4.96. The summed E-state index contributed by atoms with van der Waals surface area (Å²) in [6.07, 6.45) is 1.63. The fourth-order valence-electron chi connectivity index (χ4n) is 3.21. The average Bonchev–Trinajstić information content (AvgIpc) is 3.40. The summed E-state index contributed by atoms with van der Waals surface area (Å²) in [5.74, 6) is -1.04. The van der Waals surface area contributed by atoms with E-state index >= 15 is 0 Å². The number of aromatic nitrogens is 2. The molecular weight excluding hydrogens is 432 g/mol. The molecule has 0 atom stereocenters. The van der Waals surface area contributed by atoms with Crippen molar-refractivity contribution in [1.82, 2.24) is 14.4 Å². The Labute approximate surface area is 176 Å². The van der Waals surface area contributed by atoms with Crippen LogP contribution in [0.3, 0.4) is 0 Å². The van der Waals surface area contributed by atoms with Gasteiger partial charge in [0.05, 0.1) is 15.5 Å². The largest absolute Gasteiger partial charge is 0.439 e. The Balaban J connectivity index is 1.60. The van der Waals surface area contributed by atoms with Gasteiger partial charge in [0.2, 0.25) is 10.0 Å². The second-order valence-electron chi connectivity index (χ2n) is 6.73. The molecule has 156 valence electrons. The van der Waals surface area contributed by atoms with Crippen molar-refractivity contribution in [2.75, 3.05) is 18.4 Å². The highest BCUT2D eigenvalue weighted by Gasteiger charge is 2.28. The number of hydrogen-bond donors (Lipinski definition) is 2. The number of halogens is 1. The molecule has 0 spiro atoms. The number of carbonyl (C=O) groups excluding carboxylic acids is 1. The summed E-state index contributed by atoms with van der Waals surface area (Å²) in [5, 5.41) is 6.42. The second kappa shape index (κ2) is 8.05. The maximum absolute atomic E-state index is 12.8. The first kappa shape index (κ1) is 20.3. The van der Waals surface area contributed by atoms with Crippen molar-refractivity contribution in [3.05, 3.63) is 63.6 Å². The van der Waals surface area contributed by atoms with Crippen LogP contribution in [0.1, 0.15) is 23.2 Å². The molecule has 9 nitrogen and oxygen atoms in total. The van der Waals surface area contributed by atoms with Gasteiger partial charge in [-0.3, -0.25) is 14.3 Å². The summed E-state index contributed by atoms with van der Waals surface area (Å²) in [6.45, 7) is 0.923. The van der Waals surface area contributed by atoms with Crippen LogP contribution in [0.5, 0.6) is 0 Å². The summed E-state index contributed by atoms with van der Waals surface area (Å²) in [6, 6.07) is 10.6. The molecule has 11 heteroatoms. The monoisotopic (exact) mass is 448 g/mol. The van der Waals surface area contributed by atoms with Crippen molar-refractivity contribution in [2.45, 2.75) is 17.7 Å². The lowest BCUT2D eigenvalue weighted by atomic mass is 10.1. The van der Waals surface area contributed by atoms with E-state index in [0.29, 0.717) is 24.3 Å². The van der Waals surface area contributed by atoms with Crippen LogP contribution in [0.4, 0.5) is 5.69 Å². The molecule has 1 fully saturated rings. The quantitative estimate of drug-likeness (QED) is 0.618. The summed E-state index contributed by atoms with van der Waals surface area (Å²) < 4.78 is 31.5. The molecule has 1 amide bonds. The van der Waals surface area contributed by atoms with Gasteiger partial charge in [0.15, 0.2) is 5.82 Å². The molecule has 0 radical (unpaired) electrons. The first-order valence-electron chi connectivity index (χ1n) is 9.12. The van der Waals surface area contributed by atoms with Crippen LogP contribution in [0.15, 0.2) is 56.7 Å². The van der Waals surface area contributed by atoms with E-state index in [-0.39, 0.29) is 21.3 Å². The Bertz CT molecular complexity index is 1260. The van der Waals surface area contributed by atoms with Gasteiger partial charge < -0.3 is 5.32 Å². The minimum atomic E-state index is -3.68. The summed E-state index contributed by atoms with van der Waals surface area (Å²) in [4.78, 5) is 26.4. The van der Waals surface area contributed by atoms with E-state index in [1.54, 1.807) is 24.3 Å². The van der Waals surface area contributed by atoms with Crippen LogP contribution in [-0.4, -0.2) is 41.9 Å². The first-order chi connectivity index (χ1) is 14.3. The number of anilines is 1. The zero-order valence-electron chi connectivity index (χ0n) is 15.6. The molecule has 1 saturated heterocycles. The van der Waals surface area contributed by atoms with Crippen molar-refractivity contribution >= 4 is 33.2 Å². The molecule has 1 aliphatic heterocycles. The van der Waals surface area contributed by atoms with Crippen molar-refractivity contribution < 1.29 is 17.7 Å². The van der Waals surface area contributed by atoms with E-state index in [9.17, 15) is 18.0 Å². The van der Waals surface area contributed by atoms with E-state index in [2.05, 4.69) is 20.0 Å². The number of benzene rings is 2. The Kier molecular flexibility index (Phi) is 5.46. The summed E-state index contributed by atoms with van der Waals surface area (Å²) >= 11 is 6.17. The molecule has 30 heavy (non-hydrogen) atoms. The molecule has 3 aromatic rings. The molecular formula is C19H17ClN4O5S.